The van der Waals surface area contributed by atoms with Crippen molar-refractivity contribution in [1.29, 1.82) is 0 Å². The van der Waals surface area contributed by atoms with Crippen LogP contribution in [0.1, 0.15) is 35.1 Å². The zero-order chi connectivity index (χ0) is 16.3. The number of H-pyrrole nitrogens is 1. The Kier molecular flexibility index (Phi) is 5.25. The van der Waals surface area contributed by atoms with E-state index in [4.69, 9.17) is 4.74 Å². The number of nitrogens with one attached hydrogen (secondary N) is 2. The predicted octanol–water partition coefficient (Wildman–Crippen LogP) is 0.792. The number of carbonyl (C=O) groups excluding carboxylic acids is 1. The van der Waals surface area contributed by atoms with Crippen LogP contribution in [0, 0.1) is 13.8 Å². The van der Waals surface area contributed by atoms with E-state index >= 15 is 0 Å². The average molecular weight is 329 g/mol. The number of hydrogen-bond acceptors (Lipinski definition) is 5. The van der Waals surface area contributed by atoms with Gasteiger partial charge in [-0.3, -0.25) is 0 Å². The van der Waals surface area contributed by atoms with E-state index in [1.807, 2.05) is 0 Å². The summed E-state index contributed by atoms with van der Waals surface area (Å²) in [4.78, 5) is 15.0. The smallest absolute Gasteiger partial charge is 0.355 e. The first-order valence-electron chi connectivity index (χ1n) is 7.46. The molecule has 0 bridgehead atoms. The lowest BCUT2D eigenvalue weighted by atomic mass is 10.2. The molecule has 0 spiro atoms. The maximum atomic E-state index is 12.9. The van der Waals surface area contributed by atoms with Gasteiger partial charge >= 0.3 is 5.97 Å². The molecular formula is C14H23N3O4S. The molecule has 1 saturated heterocycles. The standard InChI is InChI=1S/C14H23N3O4S/c1-4-21-14(18)12-10(2)13(11(3)16-12)22(19,20)17-8-5-6-15-7-9-17/h15-16H,4-9H2,1-3H3. The first kappa shape index (κ1) is 17.0. The Bertz CT molecular complexity index is 643. The Balaban J connectivity index is 2.40. The summed E-state index contributed by atoms with van der Waals surface area (Å²) in [6, 6.07) is 0. The highest BCUT2D eigenvalue weighted by Crippen LogP contribution is 2.27. The Morgan fingerprint density at radius 3 is 2.68 bits per heavy atom. The third-order valence-electron chi connectivity index (χ3n) is 3.75. The monoisotopic (exact) mass is 329 g/mol. The van der Waals surface area contributed by atoms with E-state index in [2.05, 4.69) is 10.3 Å². The largest absolute Gasteiger partial charge is 0.461 e. The van der Waals surface area contributed by atoms with Crippen molar-refractivity contribution in [2.24, 2.45) is 0 Å². The summed E-state index contributed by atoms with van der Waals surface area (Å²) < 4.78 is 32.2. The number of nitrogens with zero attached hydrogens (tertiary/aromatic N) is 1. The van der Waals surface area contributed by atoms with Crippen LogP contribution in [0.5, 0.6) is 0 Å². The topological polar surface area (TPSA) is 91.5 Å². The molecule has 22 heavy (non-hydrogen) atoms. The summed E-state index contributed by atoms with van der Waals surface area (Å²) in [5.41, 5.74) is 1.11. The summed E-state index contributed by atoms with van der Waals surface area (Å²) >= 11 is 0. The number of rotatable bonds is 4. The minimum absolute atomic E-state index is 0.192. The Hall–Kier alpha value is -1.38. The molecule has 0 atom stereocenters. The normalized spacial score (nSPS) is 17.2. The maximum absolute atomic E-state index is 12.9. The van der Waals surface area contributed by atoms with Crippen LogP contribution in [-0.4, -0.2) is 56.5 Å². The second-order valence-electron chi connectivity index (χ2n) is 5.31. The van der Waals surface area contributed by atoms with Crippen LogP contribution in [-0.2, 0) is 14.8 Å². The number of sulfonamides is 1. The third kappa shape index (κ3) is 3.18. The van der Waals surface area contributed by atoms with Crippen molar-refractivity contribution in [3.05, 3.63) is 17.0 Å². The Morgan fingerprint density at radius 2 is 2.00 bits per heavy atom. The third-order valence-corrected chi connectivity index (χ3v) is 5.92. The first-order chi connectivity index (χ1) is 10.4. The highest BCUT2D eigenvalue weighted by Gasteiger charge is 2.32. The number of hydrogen-bond donors (Lipinski definition) is 2. The molecule has 1 aromatic heterocycles. The second kappa shape index (κ2) is 6.80. The summed E-state index contributed by atoms with van der Waals surface area (Å²) in [5, 5.41) is 3.18. The van der Waals surface area contributed by atoms with Gasteiger partial charge in [0.1, 0.15) is 10.6 Å². The predicted molar refractivity (Wildman–Crippen MR) is 82.5 cm³/mol. The maximum Gasteiger partial charge on any atom is 0.355 e. The molecule has 7 nitrogen and oxygen atoms in total. The van der Waals surface area contributed by atoms with Gasteiger partial charge in [0.2, 0.25) is 10.0 Å². The number of esters is 1. The molecule has 124 valence electrons. The lowest BCUT2D eigenvalue weighted by Crippen LogP contribution is -2.34. The van der Waals surface area contributed by atoms with Crippen LogP contribution in [0.2, 0.25) is 0 Å². The molecular weight excluding hydrogens is 306 g/mol. The first-order valence-corrected chi connectivity index (χ1v) is 8.90. The van der Waals surface area contributed by atoms with Crippen molar-refractivity contribution in [2.45, 2.75) is 32.1 Å². The quantitative estimate of drug-likeness (QED) is 0.797. The van der Waals surface area contributed by atoms with E-state index < -0.39 is 16.0 Å². The lowest BCUT2D eigenvalue weighted by Gasteiger charge is -2.20. The molecule has 0 aromatic carbocycles. The fourth-order valence-electron chi connectivity index (χ4n) is 2.72. The van der Waals surface area contributed by atoms with Crippen LogP contribution in [0.3, 0.4) is 0 Å². The van der Waals surface area contributed by atoms with Crippen LogP contribution in [0.15, 0.2) is 4.90 Å². The van der Waals surface area contributed by atoms with E-state index in [-0.39, 0.29) is 17.2 Å². The second-order valence-corrected chi connectivity index (χ2v) is 7.18. The zero-order valence-corrected chi connectivity index (χ0v) is 14.0. The van der Waals surface area contributed by atoms with E-state index in [0.29, 0.717) is 30.9 Å². The van der Waals surface area contributed by atoms with Crippen LogP contribution in [0.25, 0.3) is 0 Å². The van der Waals surface area contributed by atoms with Gasteiger partial charge in [-0.05, 0) is 33.7 Å². The van der Waals surface area contributed by atoms with Crippen molar-refractivity contribution in [2.75, 3.05) is 32.8 Å². The number of aromatic nitrogens is 1. The van der Waals surface area contributed by atoms with Crippen molar-refractivity contribution >= 4 is 16.0 Å². The molecule has 0 amide bonds. The van der Waals surface area contributed by atoms with Crippen molar-refractivity contribution < 1.29 is 17.9 Å². The van der Waals surface area contributed by atoms with Gasteiger partial charge in [0, 0.05) is 30.9 Å². The molecule has 1 fully saturated rings. The number of ether oxygens (including phenoxy) is 1. The molecule has 1 aliphatic rings. The Labute approximate surface area is 131 Å². The number of carbonyl (C=O) groups is 1. The fourth-order valence-corrected chi connectivity index (χ4v) is 4.60. The van der Waals surface area contributed by atoms with Crippen molar-refractivity contribution in [3.8, 4) is 0 Å². The SMILES string of the molecule is CCOC(=O)c1[nH]c(C)c(S(=O)(=O)N2CCCNCC2)c1C. The van der Waals surface area contributed by atoms with E-state index in [1.165, 1.54) is 4.31 Å². The van der Waals surface area contributed by atoms with Gasteiger partial charge in [-0.1, -0.05) is 0 Å². The minimum atomic E-state index is -3.62. The van der Waals surface area contributed by atoms with Crippen molar-refractivity contribution in [3.63, 3.8) is 0 Å². The van der Waals surface area contributed by atoms with Gasteiger partial charge < -0.3 is 15.0 Å². The minimum Gasteiger partial charge on any atom is -0.461 e. The molecule has 2 heterocycles. The Morgan fingerprint density at radius 1 is 1.27 bits per heavy atom. The van der Waals surface area contributed by atoms with Gasteiger partial charge in [0.05, 0.1) is 6.61 Å². The molecule has 0 radical (unpaired) electrons. The highest BCUT2D eigenvalue weighted by atomic mass is 32.2. The summed E-state index contributed by atoms with van der Waals surface area (Å²) in [7, 11) is -3.62. The summed E-state index contributed by atoms with van der Waals surface area (Å²) in [6.07, 6.45) is 0.770. The average Bonchev–Trinajstić information content (AvgIpc) is 2.66. The van der Waals surface area contributed by atoms with Gasteiger partial charge in [-0.15, -0.1) is 0 Å². The molecule has 1 aromatic rings. The van der Waals surface area contributed by atoms with Gasteiger partial charge in [-0.2, -0.15) is 4.31 Å². The van der Waals surface area contributed by atoms with Gasteiger partial charge in [-0.25, -0.2) is 13.2 Å². The van der Waals surface area contributed by atoms with E-state index in [9.17, 15) is 13.2 Å². The molecule has 2 N–H and O–H groups in total. The summed E-state index contributed by atoms with van der Waals surface area (Å²) in [6.45, 7) is 7.62. The molecule has 0 aliphatic carbocycles. The van der Waals surface area contributed by atoms with E-state index in [0.717, 1.165) is 13.0 Å². The molecule has 0 unspecified atom stereocenters. The molecule has 2 rings (SSSR count). The van der Waals surface area contributed by atoms with Crippen LogP contribution < -0.4 is 5.32 Å². The lowest BCUT2D eigenvalue weighted by molar-refractivity contribution is 0.0519. The highest BCUT2D eigenvalue weighted by molar-refractivity contribution is 7.89. The molecule has 0 saturated carbocycles. The van der Waals surface area contributed by atoms with E-state index in [1.54, 1.807) is 20.8 Å². The molecule has 8 heteroatoms. The van der Waals surface area contributed by atoms with Gasteiger partial charge in [0.15, 0.2) is 0 Å². The number of aromatic amines is 1. The fraction of sp³-hybridized carbons (Fsp3) is 0.643. The molecule has 1 aliphatic heterocycles. The van der Waals surface area contributed by atoms with Crippen LogP contribution >= 0.6 is 0 Å². The van der Waals surface area contributed by atoms with Crippen molar-refractivity contribution in [1.82, 2.24) is 14.6 Å². The summed E-state index contributed by atoms with van der Waals surface area (Å²) in [5.74, 6) is -0.526. The number of aryl methyl sites for hydroxylation is 1. The van der Waals surface area contributed by atoms with Crippen LogP contribution in [0.4, 0.5) is 0 Å². The van der Waals surface area contributed by atoms with Gasteiger partial charge in [0.25, 0.3) is 0 Å². The zero-order valence-electron chi connectivity index (χ0n) is 13.2.